The number of hydrogen-bond acceptors (Lipinski definition) is 4. The summed E-state index contributed by atoms with van der Waals surface area (Å²) in [6.07, 6.45) is 4.11. The molecular weight excluding hydrogens is 306 g/mol. The van der Waals surface area contributed by atoms with Gasteiger partial charge in [-0.15, -0.1) is 23.7 Å². The minimum Gasteiger partial charge on any atom is -0.331 e. The summed E-state index contributed by atoms with van der Waals surface area (Å²) in [4.78, 5) is 19.3. The Kier molecular flexibility index (Phi) is 7.10. The number of rotatable bonds is 7. The quantitative estimate of drug-likeness (QED) is 0.835. The van der Waals surface area contributed by atoms with Crippen LogP contribution < -0.4 is 5.73 Å². The number of nitrogens with two attached hydrogens (primary N) is 1. The molecule has 1 fully saturated rings. The maximum Gasteiger partial charge on any atom is 0.273 e. The van der Waals surface area contributed by atoms with Crippen LogP contribution in [0.3, 0.4) is 0 Å². The highest BCUT2D eigenvalue weighted by atomic mass is 35.5. The first-order chi connectivity index (χ1) is 9.58. The van der Waals surface area contributed by atoms with Crippen LogP contribution in [0.5, 0.6) is 0 Å². The Balaban J connectivity index is 0.00000220. The van der Waals surface area contributed by atoms with Crippen molar-refractivity contribution in [3.8, 4) is 0 Å². The van der Waals surface area contributed by atoms with Gasteiger partial charge >= 0.3 is 0 Å². The topological polar surface area (TPSA) is 59.2 Å². The van der Waals surface area contributed by atoms with Crippen LogP contribution in [0, 0.1) is 5.92 Å². The Labute approximate surface area is 137 Å². The monoisotopic (exact) mass is 331 g/mol. The minimum absolute atomic E-state index is 0. The van der Waals surface area contributed by atoms with Crippen molar-refractivity contribution < 1.29 is 4.79 Å². The Bertz CT molecular complexity index is 462. The summed E-state index contributed by atoms with van der Waals surface area (Å²) in [5, 5.41) is 2.84. The van der Waals surface area contributed by atoms with Gasteiger partial charge in [0.05, 0.1) is 5.01 Å². The number of amides is 1. The first-order valence-electron chi connectivity index (χ1n) is 7.55. The third-order valence-electron chi connectivity index (χ3n) is 4.21. The van der Waals surface area contributed by atoms with Crippen LogP contribution in [0.4, 0.5) is 0 Å². The zero-order chi connectivity index (χ0) is 14.7. The molecule has 1 aromatic heterocycles. The van der Waals surface area contributed by atoms with Crippen LogP contribution in [-0.2, 0) is 6.42 Å². The van der Waals surface area contributed by atoms with Crippen molar-refractivity contribution in [3.05, 3.63) is 16.1 Å². The molecule has 0 radical (unpaired) electrons. The number of carbonyl (C=O) groups excluding carboxylic acids is 1. The number of aromatic nitrogens is 1. The molecule has 0 spiro atoms. The molecule has 6 heteroatoms. The number of nitrogens with zero attached hydrogens (tertiary/aromatic N) is 2. The molecule has 0 aromatic carbocycles. The molecule has 2 N–H and O–H groups in total. The van der Waals surface area contributed by atoms with Crippen molar-refractivity contribution in [2.45, 2.75) is 58.5 Å². The smallest absolute Gasteiger partial charge is 0.273 e. The van der Waals surface area contributed by atoms with Gasteiger partial charge in [-0.1, -0.05) is 20.3 Å². The third-order valence-corrected chi connectivity index (χ3v) is 5.12. The van der Waals surface area contributed by atoms with E-state index >= 15 is 0 Å². The maximum atomic E-state index is 12.7. The lowest BCUT2D eigenvalue weighted by Gasteiger charge is -2.32. The molecule has 1 heterocycles. The molecule has 1 amide bonds. The first-order valence-corrected chi connectivity index (χ1v) is 8.43. The van der Waals surface area contributed by atoms with Crippen molar-refractivity contribution in [2.75, 3.05) is 6.54 Å². The zero-order valence-corrected chi connectivity index (χ0v) is 14.7. The highest BCUT2D eigenvalue weighted by Crippen LogP contribution is 2.32. The van der Waals surface area contributed by atoms with E-state index in [4.69, 9.17) is 5.73 Å². The molecule has 1 aliphatic rings. The minimum atomic E-state index is 0. The number of hydrogen-bond donors (Lipinski definition) is 1. The molecular formula is C15H26ClN3OS. The van der Waals surface area contributed by atoms with Gasteiger partial charge in [0.1, 0.15) is 5.69 Å². The van der Waals surface area contributed by atoms with Gasteiger partial charge in [-0.25, -0.2) is 4.98 Å². The van der Waals surface area contributed by atoms with Gasteiger partial charge in [-0.2, -0.15) is 0 Å². The summed E-state index contributed by atoms with van der Waals surface area (Å²) in [6.45, 7) is 7.14. The van der Waals surface area contributed by atoms with E-state index < -0.39 is 0 Å². The average Bonchev–Trinajstić information content (AvgIpc) is 3.16. The molecule has 0 aliphatic heterocycles. The summed E-state index contributed by atoms with van der Waals surface area (Å²) in [5.41, 5.74) is 6.14. The molecule has 4 nitrogen and oxygen atoms in total. The molecule has 2 unspecified atom stereocenters. The first kappa shape index (κ1) is 18.4. The molecule has 2 rings (SSSR count). The molecule has 1 aliphatic carbocycles. The van der Waals surface area contributed by atoms with Gasteiger partial charge < -0.3 is 10.6 Å². The largest absolute Gasteiger partial charge is 0.331 e. The van der Waals surface area contributed by atoms with Crippen molar-refractivity contribution in [1.82, 2.24) is 9.88 Å². The lowest BCUT2D eigenvalue weighted by atomic mass is 9.99. The van der Waals surface area contributed by atoms with Gasteiger partial charge in [0.2, 0.25) is 0 Å². The molecule has 0 bridgehead atoms. The number of halogens is 1. The highest BCUT2D eigenvalue weighted by molar-refractivity contribution is 7.09. The molecule has 21 heavy (non-hydrogen) atoms. The van der Waals surface area contributed by atoms with Crippen LogP contribution in [0.25, 0.3) is 0 Å². The Morgan fingerprint density at radius 3 is 2.71 bits per heavy atom. The lowest BCUT2D eigenvalue weighted by Crippen LogP contribution is -2.43. The van der Waals surface area contributed by atoms with Crippen LogP contribution in [-0.4, -0.2) is 34.4 Å². The summed E-state index contributed by atoms with van der Waals surface area (Å²) < 4.78 is 0. The van der Waals surface area contributed by atoms with E-state index in [2.05, 4.69) is 30.7 Å². The number of carbonyl (C=O) groups is 1. The lowest BCUT2D eigenvalue weighted by molar-refractivity contribution is 0.0610. The van der Waals surface area contributed by atoms with Gasteiger partial charge in [0.25, 0.3) is 5.91 Å². The SMILES string of the molecule is CCC(C)C(C)N(C(=O)c1csc(CCN)n1)C1CC1.Cl. The Morgan fingerprint density at radius 2 is 2.19 bits per heavy atom. The molecule has 120 valence electrons. The summed E-state index contributed by atoms with van der Waals surface area (Å²) >= 11 is 1.54. The second-order valence-corrected chi connectivity index (χ2v) is 6.68. The van der Waals surface area contributed by atoms with Crippen LogP contribution >= 0.6 is 23.7 Å². The molecule has 0 saturated heterocycles. The van der Waals surface area contributed by atoms with Crippen molar-refractivity contribution in [3.63, 3.8) is 0 Å². The van der Waals surface area contributed by atoms with Gasteiger partial charge in [0, 0.05) is 23.9 Å². The van der Waals surface area contributed by atoms with Gasteiger partial charge in [0.15, 0.2) is 0 Å². The fourth-order valence-corrected chi connectivity index (χ4v) is 3.22. The van der Waals surface area contributed by atoms with Crippen LogP contribution in [0.15, 0.2) is 5.38 Å². The van der Waals surface area contributed by atoms with Crippen molar-refractivity contribution >= 4 is 29.7 Å². The predicted molar refractivity (Wildman–Crippen MR) is 90.2 cm³/mol. The Morgan fingerprint density at radius 1 is 1.52 bits per heavy atom. The second kappa shape index (κ2) is 8.11. The fraction of sp³-hybridized carbons (Fsp3) is 0.733. The van der Waals surface area contributed by atoms with E-state index in [0.717, 1.165) is 30.7 Å². The Hall–Kier alpha value is -0.650. The van der Waals surface area contributed by atoms with E-state index in [-0.39, 0.29) is 24.4 Å². The van der Waals surface area contributed by atoms with E-state index in [1.165, 1.54) is 11.3 Å². The summed E-state index contributed by atoms with van der Waals surface area (Å²) in [7, 11) is 0. The molecule has 1 saturated carbocycles. The maximum absolute atomic E-state index is 12.7. The predicted octanol–water partition coefficient (Wildman–Crippen LogP) is 3.11. The second-order valence-electron chi connectivity index (χ2n) is 5.73. The third kappa shape index (κ3) is 4.41. The van der Waals surface area contributed by atoms with Gasteiger partial charge in [-0.05, 0) is 32.2 Å². The summed E-state index contributed by atoms with van der Waals surface area (Å²) in [5.74, 6) is 0.613. The fourth-order valence-electron chi connectivity index (χ4n) is 2.43. The number of thiazole rings is 1. The molecule has 1 aromatic rings. The standard InChI is InChI=1S/C15H25N3OS.ClH/c1-4-10(2)11(3)18(12-5-6-12)15(19)13-9-20-14(17-13)7-8-16;/h9-12H,4-8,16H2,1-3H3;1H. The highest BCUT2D eigenvalue weighted by Gasteiger charge is 2.38. The van der Waals surface area contributed by atoms with E-state index in [9.17, 15) is 4.79 Å². The zero-order valence-electron chi connectivity index (χ0n) is 13.0. The van der Waals surface area contributed by atoms with Gasteiger partial charge in [-0.3, -0.25) is 4.79 Å². The van der Waals surface area contributed by atoms with Crippen LogP contribution in [0.1, 0.15) is 55.5 Å². The van der Waals surface area contributed by atoms with Crippen LogP contribution in [0.2, 0.25) is 0 Å². The summed E-state index contributed by atoms with van der Waals surface area (Å²) in [6, 6.07) is 0.700. The van der Waals surface area contributed by atoms with Crippen molar-refractivity contribution in [1.29, 1.82) is 0 Å². The normalized spacial score (nSPS) is 17.0. The van der Waals surface area contributed by atoms with E-state index in [0.29, 0.717) is 24.2 Å². The van der Waals surface area contributed by atoms with E-state index in [1.807, 2.05) is 5.38 Å². The molecule has 2 atom stereocenters. The average molecular weight is 332 g/mol. The van der Waals surface area contributed by atoms with Crippen molar-refractivity contribution in [2.24, 2.45) is 11.7 Å². The van der Waals surface area contributed by atoms with E-state index in [1.54, 1.807) is 0 Å².